The molecule has 1 N–H and O–H groups in total. The average molecular weight is 308 g/mol. The van der Waals surface area contributed by atoms with Crippen molar-refractivity contribution in [3.63, 3.8) is 0 Å². The van der Waals surface area contributed by atoms with Crippen LogP contribution in [0.15, 0.2) is 24.3 Å². The second kappa shape index (κ2) is 7.91. The summed E-state index contributed by atoms with van der Waals surface area (Å²) in [5.41, 5.74) is -0.543. The van der Waals surface area contributed by atoms with Crippen LogP contribution in [0.3, 0.4) is 0 Å². The van der Waals surface area contributed by atoms with Gasteiger partial charge in [0, 0.05) is 18.0 Å². The third-order valence-corrected chi connectivity index (χ3v) is 3.63. The van der Waals surface area contributed by atoms with Gasteiger partial charge in [0.05, 0.1) is 5.60 Å². The second-order valence-corrected chi connectivity index (χ2v) is 5.37. The van der Waals surface area contributed by atoms with Gasteiger partial charge in [-0.25, -0.2) is 8.78 Å². The molecule has 0 aromatic heterocycles. The van der Waals surface area contributed by atoms with E-state index in [9.17, 15) is 13.9 Å². The molecule has 0 spiro atoms. The third kappa shape index (κ3) is 4.40. The lowest BCUT2D eigenvalue weighted by Gasteiger charge is -2.35. The number of benzene rings is 1. The van der Waals surface area contributed by atoms with Crippen molar-refractivity contribution in [2.75, 3.05) is 20.6 Å². The minimum atomic E-state index is -2.51. The van der Waals surface area contributed by atoms with E-state index in [1.54, 1.807) is 12.1 Å². The number of hydrogen-bond donors (Lipinski definition) is 1. The van der Waals surface area contributed by atoms with Crippen LogP contribution < -0.4 is 0 Å². The Kier molecular flexibility index (Phi) is 7.63. The predicted molar refractivity (Wildman–Crippen MR) is 80.6 cm³/mol. The molecule has 0 fully saturated rings. The summed E-state index contributed by atoms with van der Waals surface area (Å²) in [6, 6.07) is 6.11. The molecule has 0 aliphatic carbocycles. The smallest absolute Gasteiger partial charge is 0.263 e. The Morgan fingerprint density at radius 1 is 1.30 bits per heavy atom. The van der Waals surface area contributed by atoms with Gasteiger partial charge in [-0.05, 0) is 32.1 Å². The molecule has 1 aromatic carbocycles. The number of nitrogens with zero attached hydrogens (tertiary/aromatic N) is 1. The zero-order valence-corrected chi connectivity index (χ0v) is 13.3. The van der Waals surface area contributed by atoms with Gasteiger partial charge in [0.1, 0.15) is 0 Å². The van der Waals surface area contributed by atoms with Crippen molar-refractivity contribution in [2.45, 2.75) is 32.3 Å². The highest BCUT2D eigenvalue weighted by molar-refractivity contribution is 5.85. The van der Waals surface area contributed by atoms with Crippen LogP contribution in [-0.4, -0.2) is 30.6 Å². The average Bonchev–Trinajstić information content (AvgIpc) is 2.37. The largest absolute Gasteiger partial charge is 0.385 e. The molecule has 0 saturated carbocycles. The van der Waals surface area contributed by atoms with Crippen LogP contribution in [0.4, 0.5) is 8.78 Å². The van der Waals surface area contributed by atoms with E-state index in [4.69, 9.17) is 0 Å². The van der Waals surface area contributed by atoms with Crippen molar-refractivity contribution in [1.29, 1.82) is 0 Å². The first-order valence-electron chi connectivity index (χ1n) is 6.57. The molecule has 0 bridgehead atoms. The van der Waals surface area contributed by atoms with Gasteiger partial charge in [-0.1, -0.05) is 32.0 Å². The molecule has 5 heteroatoms. The highest BCUT2D eigenvalue weighted by Gasteiger charge is 2.34. The van der Waals surface area contributed by atoms with E-state index in [1.807, 2.05) is 32.8 Å². The van der Waals surface area contributed by atoms with Gasteiger partial charge in [0.25, 0.3) is 6.43 Å². The van der Waals surface area contributed by atoms with E-state index in [0.29, 0.717) is 18.5 Å². The Hall–Kier alpha value is -0.710. The zero-order valence-electron chi connectivity index (χ0n) is 12.4. The van der Waals surface area contributed by atoms with E-state index < -0.39 is 12.0 Å². The normalized spacial score (nSPS) is 15.8. The summed E-state index contributed by atoms with van der Waals surface area (Å²) in [5, 5.41) is 10.8. The molecule has 2 nitrogen and oxygen atoms in total. The number of rotatable bonds is 6. The standard InChI is InChI=1S/C15H23F2NO.ClH/c1-5-15(19,11(2)10-18(3)4)13-8-6-7-12(9-13)14(16)17;/h6-9,11,14,19H,5,10H2,1-4H3;1H. The Bertz CT molecular complexity index is 415. The molecule has 1 rings (SSSR count). The lowest BCUT2D eigenvalue weighted by molar-refractivity contribution is -0.0293. The van der Waals surface area contributed by atoms with Crippen molar-refractivity contribution in [2.24, 2.45) is 5.92 Å². The first kappa shape index (κ1) is 19.3. The maximum Gasteiger partial charge on any atom is 0.263 e. The lowest BCUT2D eigenvalue weighted by atomic mass is 9.79. The van der Waals surface area contributed by atoms with Crippen molar-refractivity contribution in [3.8, 4) is 0 Å². The minimum absolute atomic E-state index is 0. The van der Waals surface area contributed by atoms with E-state index in [-0.39, 0.29) is 23.9 Å². The number of hydrogen-bond acceptors (Lipinski definition) is 2. The SMILES string of the molecule is CCC(O)(c1cccc(C(F)F)c1)C(C)CN(C)C.Cl. The first-order chi connectivity index (χ1) is 8.81. The van der Waals surface area contributed by atoms with Crippen molar-refractivity contribution >= 4 is 12.4 Å². The molecule has 116 valence electrons. The molecule has 0 aliphatic heterocycles. The van der Waals surface area contributed by atoms with Crippen LogP contribution in [0.25, 0.3) is 0 Å². The molecule has 2 atom stereocenters. The third-order valence-electron chi connectivity index (χ3n) is 3.63. The molecular weight excluding hydrogens is 284 g/mol. The maximum atomic E-state index is 12.8. The molecule has 1 aromatic rings. The van der Waals surface area contributed by atoms with Gasteiger partial charge in [-0.15, -0.1) is 12.4 Å². The molecule has 0 aliphatic rings. The summed E-state index contributed by atoms with van der Waals surface area (Å²) in [6.45, 7) is 4.52. The van der Waals surface area contributed by atoms with Crippen LogP contribution in [-0.2, 0) is 5.60 Å². The lowest BCUT2D eigenvalue weighted by Crippen LogP contribution is -2.38. The molecule has 0 radical (unpaired) electrons. The van der Waals surface area contributed by atoms with E-state index in [1.165, 1.54) is 12.1 Å². The quantitative estimate of drug-likeness (QED) is 0.863. The summed E-state index contributed by atoms with van der Waals surface area (Å²) < 4.78 is 25.5. The Morgan fingerprint density at radius 3 is 2.35 bits per heavy atom. The Labute approximate surface area is 126 Å². The van der Waals surface area contributed by atoms with Gasteiger partial charge < -0.3 is 10.0 Å². The van der Waals surface area contributed by atoms with E-state index >= 15 is 0 Å². The van der Waals surface area contributed by atoms with Gasteiger partial charge >= 0.3 is 0 Å². The fraction of sp³-hybridized carbons (Fsp3) is 0.600. The van der Waals surface area contributed by atoms with Crippen LogP contribution in [0.1, 0.15) is 37.8 Å². The summed E-state index contributed by atoms with van der Waals surface area (Å²) in [6.07, 6.45) is -2.01. The monoisotopic (exact) mass is 307 g/mol. The number of halogens is 3. The minimum Gasteiger partial charge on any atom is -0.385 e. The highest BCUT2D eigenvalue weighted by Crippen LogP contribution is 2.35. The van der Waals surface area contributed by atoms with Gasteiger partial charge in [-0.2, -0.15) is 0 Å². The predicted octanol–water partition coefficient (Wildman–Crippen LogP) is 3.84. The number of alkyl halides is 2. The van der Waals surface area contributed by atoms with Crippen LogP contribution in [0.5, 0.6) is 0 Å². The fourth-order valence-electron chi connectivity index (χ4n) is 2.48. The zero-order chi connectivity index (χ0) is 14.6. The Morgan fingerprint density at radius 2 is 1.90 bits per heavy atom. The fourth-order valence-corrected chi connectivity index (χ4v) is 2.48. The molecular formula is C15H24ClF2NO. The molecule has 0 heterocycles. The molecule has 0 saturated heterocycles. The van der Waals surface area contributed by atoms with Gasteiger partial charge in [-0.3, -0.25) is 0 Å². The van der Waals surface area contributed by atoms with Crippen molar-refractivity contribution in [3.05, 3.63) is 35.4 Å². The van der Waals surface area contributed by atoms with Gasteiger partial charge in [0.2, 0.25) is 0 Å². The van der Waals surface area contributed by atoms with Crippen LogP contribution in [0.2, 0.25) is 0 Å². The Balaban J connectivity index is 0.00000361. The summed E-state index contributed by atoms with van der Waals surface area (Å²) in [5.74, 6) is -0.0413. The second-order valence-electron chi connectivity index (χ2n) is 5.37. The topological polar surface area (TPSA) is 23.5 Å². The van der Waals surface area contributed by atoms with E-state index in [0.717, 1.165) is 0 Å². The maximum absolute atomic E-state index is 12.8. The summed E-state index contributed by atoms with van der Waals surface area (Å²) in [7, 11) is 3.87. The van der Waals surface area contributed by atoms with Gasteiger partial charge in [0.15, 0.2) is 0 Å². The molecule has 0 amide bonds. The van der Waals surface area contributed by atoms with Crippen LogP contribution >= 0.6 is 12.4 Å². The summed E-state index contributed by atoms with van der Waals surface area (Å²) >= 11 is 0. The van der Waals surface area contributed by atoms with Crippen molar-refractivity contribution in [1.82, 2.24) is 4.90 Å². The van der Waals surface area contributed by atoms with Crippen LogP contribution in [0, 0.1) is 5.92 Å². The molecule has 20 heavy (non-hydrogen) atoms. The highest BCUT2D eigenvalue weighted by atomic mass is 35.5. The van der Waals surface area contributed by atoms with Crippen molar-refractivity contribution < 1.29 is 13.9 Å². The number of aliphatic hydroxyl groups is 1. The molecule has 2 unspecified atom stereocenters. The summed E-state index contributed by atoms with van der Waals surface area (Å²) in [4.78, 5) is 1.99. The first-order valence-corrected chi connectivity index (χ1v) is 6.57. The van der Waals surface area contributed by atoms with E-state index in [2.05, 4.69) is 0 Å².